The second-order valence-electron chi connectivity index (χ2n) is 6.50. The van der Waals surface area contributed by atoms with Crippen molar-refractivity contribution in [2.45, 2.75) is 6.04 Å². The molecular weight excluding hydrogens is 402 g/mol. The first-order valence-corrected chi connectivity index (χ1v) is 9.63. The zero-order chi connectivity index (χ0) is 20.8. The molecule has 1 heterocycles. The van der Waals surface area contributed by atoms with Crippen LogP contribution in [-0.2, 0) is 4.79 Å². The summed E-state index contributed by atoms with van der Waals surface area (Å²) < 4.78 is 7.20. The van der Waals surface area contributed by atoms with Crippen molar-refractivity contribution in [2.75, 3.05) is 6.61 Å². The van der Waals surface area contributed by atoms with Crippen LogP contribution in [0.15, 0.2) is 85.2 Å². The average molecular weight is 420 g/mol. The second kappa shape index (κ2) is 9.19. The third kappa shape index (κ3) is 4.82. The van der Waals surface area contributed by atoms with E-state index < -0.39 is 0 Å². The number of amides is 1. The number of benzene rings is 3. The van der Waals surface area contributed by atoms with Crippen LogP contribution in [0.5, 0.6) is 5.75 Å². The van der Waals surface area contributed by atoms with Gasteiger partial charge in [0.05, 0.1) is 11.7 Å². The number of carbonyl (C=O) groups excluding carboxylic acids is 1. The molecule has 0 aliphatic carbocycles. The average Bonchev–Trinajstić information content (AvgIpc) is 3.33. The van der Waals surface area contributed by atoms with E-state index in [2.05, 4.69) is 20.8 Å². The number of nitrogens with zero attached hydrogens (tertiary/aromatic N) is 4. The molecule has 0 saturated carbocycles. The Bertz CT molecular complexity index is 1100. The van der Waals surface area contributed by atoms with Crippen molar-refractivity contribution >= 4 is 17.5 Å². The zero-order valence-electron chi connectivity index (χ0n) is 15.9. The lowest BCUT2D eigenvalue weighted by Crippen LogP contribution is -2.33. The number of rotatable bonds is 7. The number of tetrazole rings is 1. The fourth-order valence-electron chi connectivity index (χ4n) is 3.01. The fraction of sp³-hybridized carbons (Fsp3) is 0.0909. The van der Waals surface area contributed by atoms with Gasteiger partial charge in [-0.1, -0.05) is 60.1 Å². The Kier molecular flexibility index (Phi) is 6.01. The highest BCUT2D eigenvalue weighted by Crippen LogP contribution is 2.23. The van der Waals surface area contributed by atoms with Gasteiger partial charge >= 0.3 is 0 Å². The predicted octanol–water partition coefficient (Wildman–Crippen LogP) is 3.60. The number of hydrogen-bond donors (Lipinski definition) is 1. The highest BCUT2D eigenvalue weighted by molar-refractivity contribution is 6.30. The summed E-state index contributed by atoms with van der Waals surface area (Å²) in [6.07, 6.45) is 1.49. The number of aromatic nitrogens is 4. The van der Waals surface area contributed by atoms with Gasteiger partial charge in [0.1, 0.15) is 12.1 Å². The Morgan fingerprint density at radius 3 is 2.50 bits per heavy atom. The lowest BCUT2D eigenvalue weighted by atomic mass is 9.99. The molecule has 0 spiro atoms. The van der Waals surface area contributed by atoms with Crippen molar-refractivity contribution in [2.24, 2.45) is 0 Å². The van der Waals surface area contributed by atoms with Gasteiger partial charge in [0.15, 0.2) is 6.61 Å². The van der Waals surface area contributed by atoms with Gasteiger partial charge in [-0.05, 0) is 45.8 Å². The summed E-state index contributed by atoms with van der Waals surface area (Å²) in [5.41, 5.74) is 2.63. The molecule has 0 unspecified atom stereocenters. The van der Waals surface area contributed by atoms with Gasteiger partial charge in [0.25, 0.3) is 5.91 Å². The van der Waals surface area contributed by atoms with Crippen molar-refractivity contribution < 1.29 is 9.53 Å². The van der Waals surface area contributed by atoms with Crippen molar-refractivity contribution in [1.82, 2.24) is 25.5 Å². The number of hydrogen-bond acceptors (Lipinski definition) is 5. The van der Waals surface area contributed by atoms with Crippen molar-refractivity contribution in [3.05, 3.63) is 101 Å². The predicted molar refractivity (Wildman–Crippen MR) is 113 cm³/mol. The molecule has 0 radical (unpaired) electrons. The minimum atomic E-state index is -0.313. The molecule has 3 aromatic carbocycles. The van der Waals surface area contributed by atoms with Gasteiger partial charge < -0.3 is 10.1 Å². The molecule has 0 bridgehead atoms. The lowest BCUT2D eigenvalue weighted by molar-refractivity contribution is -0.123. The normalized spacial score (nSPS) is 11.6. The zero-order valence-corrected chi connectivity index (χ0v) is 16.6. The maximum Gasteiger partial charge on any atom is 0.258 e. The van der Waals surface area contributed by atoms with Crippen LogP contribution in [0.4, 0.5) is 0 Å². The molecular formula is C22H18ClN5O2. The summed E-state index contributed by atoms with van der Waals surface area (Å²) in [6, 6.07) is 24.0. The third-order valence-corrected chi connectivity index (χ3v) is 4.69. The summed E-state index contributed by atoms with van der Waals surface area (Å²) in [4.78, 5) is 12.7. The van der Waals surface area contributed by atoms with Crippen LogP contribution in [0.25, 0.3) is 5.69 Å². The van der Waals surface area contributed by atoms with Crippen LogP contribution >= 0.6 is 11.6 Å². The third-order valence-electron chi connectivity index (χ3n) is 4.44. The van der Waals surface area contributed by atoms with E-state index in [1.807, 2.05) is 54.6 Å². The minimum absolute atomic E-state index is 0.129. The van der Waals surface area contributed by atoms with Crippen molar-refractivity contribution in [3.63, 3.8) is 0 Å². The quantitative estimate of drug-likeness (QED) is 0.495. The molecule has 1 atom stereocenters. The molecule has 4 rings (SSSR count). The Labute approximate surface area is 178 Å². The molecule has 8 heteroatoms. The molecule has 0 saturated heterocycles. The van der Waals surface area contributed by atoms with Crippen LogP contribution in [0.3, 0.4) is 0 Å². The number of carbonyl (C=O) groups is 1. The largest absolute Gasteiger partial charge is 0.484 e. The van der Waals surface area contributed by atoms with E-state index in [1.165, 1.54) is 11.0 Å². The number of nitrogens with one attached hydrogen (secondary N) is 1. The van der Waals surface area contributed by atoms with Crippen LogP contribution in [0.2, 0.25) is 5.02 Å². The fourth-order valence-corrected chi connectivity index (χ4v) is 3.13. The maximum atomic E-state index is 12.7. The lowest BCUT2D eigenvalue weighted by Gasteiger charge is -2.20. The molecule has 0 fully saturated rings. The Morgan fingerprint density at radius 1 is 1.00 bits per heavy atom. The van der Waals surface area contributed by atoms with Crippen molar-refractivity contribution in [1.29, 1.82) is 0 Å². The molecule has 1 N–H and O–H groups in total. The minimum Gasteiger partial charge on any atom is -0.484 e. The molecule has 30 heavy (non-hydrogen) atoms. The first-order chi connectivity index (χ1) is 14.7. The topological polar surface area (TPSA) is 81.9 Å². The van der Waals surface area contributed by atoms with E-state index >= 15 is 0 Å². The van der Waals surface area contributed by atoms with Gasteiger partial charge in [-0.3, -0.25) is 4.79 Å². The molecule has 4 aromatic rings. The first kappa shape index (κ1) is 19.6. The molecule has 1 aromatic heterocycles. The summed E-state index contributed by atoms with van der Waals surface area (Å²) in [7, 11) is 0. The highest BCUT2D eigenvalue weighted by Gasteiger charge is 2.17. The van der Waals surface area contributed by atoms with Gasteiger partial charge in [-0.15, -0.1) is 5.10 Å². The summed E-state index contributed by atoms with van der Waals surface area (Å²) in [5.74, 6) is 0.299. The summed E-state index contributed by atoms with van der Waals surface area (Å²) in [5, 5.41) is 14.8. The highest BCUT2D eigenvalue weighted by atomic mass is 35.5. The number of halogens is 1. The van der Waals surface area contributed by atoms with Gasteiger partial charge in [0.2, 0.25) is 0 Å². The van der Waals surface area contributed by atoms with E-state index in [9.17, 15) is 4.79 Å². The van der Waals surface area contributed by atoms with Crippen LogP contribution < -0.4 is 10.1 Å². The SMILES string of the molecule is O=C(COc1cccc(-n2cnnn2)c1)N[C@@H](c1ccccc1)c1ccc(Cl)cc1. The monoisotopic (exact) mass is 419 g/mol. The van der Waals surface area contributed by atoms with Crippen molar-refractivity contribution in [3.8, 4) is 11.4 Å². The Morgan fingerprint density at radius 2 is 1.77 bits per heavy atom. The van der Waals surface area contributed by atoms with E-state index in [0.29, 0.717) is 10.8 Å². The second-order valence-corrected chi connectivity index (χ2v) is 6.94. The molecule has 1 amide bonds. The first-order valence-electron chi connectivity index (χ1n) is 9.25. The van der Waals surface area contributed by atoms with Gasteiger partial charge in [-0.2, -0.15) is 0 Å². The van der Waals surface area contributed by atoms with Crippen LogP contribution in [0, 0.1) is 0 Å². The van der Waals surface area contributed by atoms with Crippen LogP contribution in [-0.4, -0.2) is 32.7 Å². The van der Waals surface area contributed by atoms with Crippen LogP contribution in [0.1, 0.15) is 17.2 Å². The molecule has 0 aliphatic rings. The Hall–Kier alpha value is -3.71. The summed E-state index contributed by atoms with van der Waals surface area (Å²) in [6.45, 7) is -0.129. The standard InChI is InChI=1S/C22H18ClN5O2/c23-18-11-9-17(10-12-18)22(16-5-2-1-3-6-16)25-21(29)14-30-20-8-4-7-19(13-20)28-15-24-26-27-28/h1-13,15,22H,14H2,(H,25,29)/t22-/m0/s1. The Balaban J connectivity index is 1.46. The number of ether oxygens (including phenoxy) is 1. The van der Waals surface area contributed by atoms with E-state index in [4.69, 9.17) is 16.3 Å². The van der Waals surface area contributed by atoms with Gasteiger partial charge in [-0.25, -0.2) is 4.68 Å². The van der Waals surface area contributed by atoms with E-state index in [1.54, 1.807) is 24.3 Å². The van der Waals surface area contributed by atoms with E-state index in [-0.39, 0.29) is 18.6 Å². The smallest absolute Gasteiger partial charge is 0.258 e. The molecule has 0 aliphatic heterocycles. The van der Waals surface area contributed by atoms with Gasteiger partial charge in [0, 0.05) is 11.1 Å². The van der Waals surface area contributed by atoms with E-state index in [0.717, 1.165) is 16.8 Å². The molecule has 7 nitrogen and oxygen atoms in total. The molecule has 150 valence electrons. The maximum absolute atomic E-state index is 12.7. The summed E-state index contributed by atoms with van der Waals surface area (Å²) >= 11 is 6.01.